The van der Waals surface area contributed by atoms with Gasteiger partial charge in [-0.1, -0.05) is 30.7 Å². The highest BCUT2D eigenvalue weighted by Crippen LogP contribution is 2.46. The van der Waals surface area contributed by atoms with Gasteiger partial charge in [-0.05, 0) is 50.4 Å². The predicted molar refractivity (Wildman–Crippen MR) is 110 cm³/mol. The predicted octanol–water partition coefficient (Wildman–Crippen LogP) is 3.31. The fourth-order valence-electron chi connectivity index (χ4n) is 4.52. The molecule has 3 atom stereocenters. The normalized spacial score (nSPS) is 26.0. The fourth-order valence-corrected chi connectivity index (χ4v) is 4.65. The molecule has 6 heteroatoms. The average Bonchev–Trinajstić information content (AvgIpc) is 3.13. The monoisotopic (exact) mass is 390 g/mol. The van der Waals surface area contributed by atoms with Gasteiger partial charge in [0.05, 0.1) is 12.8 Å². The number of benzene rings is 1. The number of nitrogens with one attached hydrogen (secondary N) is 1. The van der Waals surface area contributed by atoms with Crippen LogP contribution in [0.4, 0.5) is 0 Å². The van der Waals surface area contributed by atoms with E-state index in [1.165, 1.54) is 16.8 Å². The third-order valence-electron chi connectivity index (χ3n) is 6.13. The smallest absolute Gasteiger partial charge is 0.0613 e. The molecule has 1 aromatic heterocycles. The quantitative estimate of drug-likeness (QED) is 0.761. The summed E-state index contributed by atoms with van der Waals surface area (Å²) in [6.07, 6.45) is 2.90. The lowest BCUT2D eigenvalue weighted by Crippen LogP contribution is -2.45. The summed E-state index contributed by atoms with van der Waals surface area (Å²) < 4.78 is 1.91. The van der Waals surface area contributed by atoms with Gasteiger partial charge in [-0.15, -0.1) is 0 Å². The van der Waals surface area contributed by atoms with E-state index in [1.807, 2.05) is 30.1 Å². The topological polar surface area (TPSA) is 53.3 Å². The van der Waals surface area contributed by atoms with Crippen molar-refractivity contribution in [2.75, 3.05) is 19.7 Å². The van der Waals surface area contributed by atoms with E-state index in [2.05, 4.69) is 48.2 Å². The van der Waals surface area contributed by atoms with Gasteiger partial charge in [0.2, 0.25) is 0 Å². The summed E-state index contributed by atoms with van der Waals surface area (Å²) in [5.74, 6) is 0.417. The van der Waals surface area contributed by atoms with Gasteiger partial charge >= 0.3 is 0 Å². The van der Waals surface area contributed by atoms with Crippen molar-refractivity contribution in [2.45, 2.75) is 45.3 Å². The van der Waals surface area contributed by atoms with Crippen LogP contribution in [0.3, 0.4) is 0 Å². The van der Waals surface area contributed by atoms with E-state index in [9.17, 15) is 5.11 Å². The summed E-state index contributed by atoms with van der Waals surface area (Å²) in [5, 5.41) is 18.8. The first-order chi connectivity index (χ1) is 12.9. The van der Waals surface area contributed by atoms with Crippen molar-refractivity contribution in [3.63, 3.8) is 0 Å². The molecule has 3 rings (SSSR count). The Hall–Kier alpha value is -1.40. The highest BCUT2D eigenvalue weighted by atomic mass is 35.5. The first-order valence-electron chi connectivity index (χ1n) is 9.71. The lowest BCUT2D eigenvalue weighted by Gasteiger charge is -2.37. The van der Waals surface area contributed by atoms with E-state index in [0.29, 0.717) is 5.92 Å². The van der Waals surface area contributed by atoms with Gasteiger partial charge in [0.1, 0.15) is 0 Å². The van der Waals surface area contributed by atoms with Crippen LogP contribution in [0, 0.1) is 12.8 Å². The molecule has 27 heavy (non-hydrogen) atoms. The molecule has 2 heterocycles. The first-order valence-corrected chi connectivity index (χ1v) is 10.1. The Morgan fingerprint density at radius 2 is 2.04 bits per heavy atom. The van der Waals surface area contributed by atoms with Crippen LogP contribution in [0.2, 0.25) is 5.02 Å². The highest BCUT2D eigenvalue weighted by Gasteiger charge is 2.47. The zero-order chi connectivity index (χ0) is 19.6. The Bertz CT molecular complexity index is 760. The van der Waals surface area contributed by atoms with Crippen molar-refractivity contribution in [2.24, 2.45) is 13.0 Å². The van der Waals surface area contributed by atoms with Gasteiger partial charge in [-0.3, -0.25) is 9.58 Å². The fraction of sp³-hybridized carbons (Fsp3) is 0.571. The number of nitrogens with zero attached hydrogens (tertiary/aromatic N) is 3. The number of rotatable bonds is 7. The lowest BCUT2D eigenvalue weighted by molar-refractivity contribution is 0.0579. The molecule has 0 bridgehead atoms. The van der Waals surface area contributed by atoms with E-state index in [4.69, 9.17) is 11.6 Å². The highest BCUT2D eigenvalue weighted by molar-refractivity contribution is 6.30. The van der Waals surface area contributed by atoms with Crippen LogP contribution >= 0.6 is 11.6 Å². The number of aromatic nitrogens is 2. The van der Waals surface area contributed by atoms with Crippen molar-refractivity contribution >= 4 is 11.6 Å². The minimum absolute atomic E-state index is 0.170. The van der Waals surface area contributed by atoms with Gasteiger partial charge < -0.3 is 10.4 Å². The third kappa shape index (κ3) is 4.06. The van der Waals surface area contributed by atoms with Gasteiger partial charge in [-0.25, -0.2) is 0 Å². The van der Waals surface area contributed by atoms with E-state index < -0.39 is 0 Å². The van der Waals surface area contributed by atoms with Crippen LogP contribution in [-0.4, -0.2) is 45.0 Å². The molecule has 0 spiro atoms. The molecule has 1 fully saturated rings. The van der Waals surface area contributed by atoms with Gasteiger partial charge in [-0.2, -0.15) is 5.10 Å². The van der Waals surface area contributed by atoms with Crippen LogP contribution in [0.15, 0.2) is 30.5 Å². The van der Waals surface area contributed by atoms with Crippen LogP contribution in [0.5, 0.6) is 0 Å². The average molecular weight is 391 g/mol. The van der Waals surface area contributed by atoms with Crippen LogP contribution in [0.25, 0.3) is 0 Å². The molecule has 0 radical (unpaired) electrons. The molecule has 1 saturated heterocycles. The second kappa shape index (κ2) is 8.31. The minimum Gasteiger partial charge on any atom is -0.394 e. The van der Waals surface area contributed by atoms with Crippen molar-refractivity contribution in [3.8, 4) is 0 Å². The second-order valence-electron chi connectivity index (χ2n) is 7.91. The lowest BCUT2D eigenvalue weighted by atomic mass is 9.90. The Labute approximate surface area is 167 Å². The molecule has 5 nitrogen and oxygen atoms in total. The SMILES string of the molecule is CCN1[C@@H](c2ccc(Cl)cc2)[C@@H](CNCc2cnn(C)c2C)C[C@@]1(C)CO. The second-order valence-corrected chi connectivity index (χ2v) is 8.35. The number of hydrogen-bond acceptors (Lipinski definition) is 4. The molecular weight excluding hydrogens is 360 g/mol. The number of aliphatic hydroxyl groups is 1. The van der Waals surface area contributed by atoms with Gasteiger partial charge in [0.15, 0.2) is 0 Å². The van der Waals surface area contributed by atoms with Crippen molar-refractivity contribution in [3.05, 3.63) is 52.3 Å². The maximum atomic E-state index is 10.1. The number of halogens is 1. The maximum absolute atomic E-state index is 10.1. The van der Waals surface area contributed by atoms with Crippen molar-refractivity contribution < 1.29 is 5.11 Å². The summed E-state index contributed by atoms with van der Waals surface area (Å²) in [4.78, 5) is 2.44. The number of likely N-dealkylation sites (tertiary alicyclic amines) is 1. The number of likely N-dealkylation sites (N-methyl/N-ethyl adjacent to an activating group) is 1. The summed E-state index contributed by atoms with van der Waals surface area (Å²) in [7, 11) is 1.97. The molecular formula is C21H31ClN4O. The molecule has 2 N–H and O–H groups in total. The standard InChI is InChI=1S/C21H31ClN4O/c1-5-26-20(16-6-8-19(22)9-7-16)17(10-21(26,3)14-27)11-23-12-18-13-24-25(4)15(18)2/h6-9,13,17,20,23,27H,5,10-12,14H2,1-4H3/t17-,20+,21+/m1/s1. The molecule has 1 aliphatic heterocycles. The zero-order valence-electron chi connectivity index (χ0n) is 16.7. The molecule has 0 amide bonds. The van der Waals surface area contributed by atoms with E-state index in [0.717, 1.165) is 31.1 Å². The van der Waals surface area contributed by atoms with Gasteiger partial charge in [0.25, 0.3) is 0 Å². The molecule has 1 aliphatic rings. The summed E-state index contributed by atoms with van der Waals surface area (Å²) in [5.41, 5.74) is 3.49. The number of aryl methyl sites for hydroxylation is 1. The van der Waals surface area contributed by atoms with Gasteiger partial charge in [0, 0.05) is 48.0 Å². The number of hydrogen-bond donors (Lipinski definition) is 2. The first kappa shape index (κ1) is 20.3. The largest absolute Gasteiger partial charge is 0.394 e. The van der Waals surface area contributed by atoms with Crippen molar-refractivity contribution in [1.82, 2.24) is 20.0 Å². The Kier molecular flexibility index (Phi) is 6.26. The number of aliphatic hydroxyl groups excluding tert-OH is 1. The zero-order valence-corrected chi connectivity index (χ0v) is 17.5. The minimum atomic E-state index is -0.199. The van der Waals surface area contributed by atoms with Crippen molar-refractivity contribution in [1.29, 1.82) is 0 Å². The van der Waals surface area contributed by atoms with Crippen LogP contribution < -0.4 is 5.32 Å². The van der Waals surface area contributed by atoms with E-state index in [1.54, 1.807) is 0 Å². The molecule has 0 saturated carbocycles. The summed E-state index contributed by atoms with van der Waals surface area (Å²) in [6, 6.07) is 8.44. The Morgan fingerprint density at radius 1 is 1.33 bits per heavy atom. The molecule has 148 valence electrons. The molecule has 0 unspecified atom stereocenters. The maximum Gasteiger partial charge on any atom is 0.0613 e. The van der Waals surface area contributed by atoms with E-state index >= 15 is 0 Å². The third-order valence-corrected chi connectivity index (χ3v) is 6.38. The Balaban J connectivity index is 1.78. The molecule has 0 aliphatic carbocycles. The molecule has 2 aromatic rings. The van der Waals surface area contributed by atoms with Crippen LogP contribution in [0.1, 0.15) is 43.1 Å². The molecule has 1 aromatic carbocycles. The summed E-state index contributed by atoms with van der Waals surface area (Å²) in [6.45, 7) is 9.22. The Morgan fingerprint density at radius 3 is 2.59 bits per heavy atom. The summed E-state index contributed by atoms with van der Waals surface area (Å²) >= 11 is 6.10. The van der Waals surface area contributed by atoms with Crippen LogP contribution in [-0.2, 0) is 13.6 Å². The van der Waals surface area contributed by atoms with E-state index in [-0.39, 0.29) is 18.2 Å².